The second kappa shape index (κ2) is 5.11. The van der Waals surface area contributed by atoms with Crippen molar-refractivity contribution < 1.29 is 31.5 Å². The van der Waals surface area contributed by atoms with Crippen LogP contribution in [0.5, 0.6) is 5.75 Å². The van der Waals surface area contributed by atoms with E-state index in [0.717, 1.165) is 0 Å². The highest BCUT2D eigenvalue weighted by atomic mass is 19.2. The molecule has 0 spiro atoms. The molecule has 94 valence electrons. The summed E-state index contributed by atoms with van der Waals surface area (Å²) in [5, 5.41) is 0. The van der Waals surface area contributed by atoms with E-state index in [1.54, 1.807) is 6.92 Å². The van der Waals surface area contributed by atoms with Crippen LogP contribution in [-0.4, -0.2) is 5.97 Å². The molecule has 17 heavy (non-hydrogen) atoms. The summed E-state index contributed by atoms with van der Waals surface area (Å²) >= 11 is 0. The maximum absolute atomic E-state index is 13.0. The first-order valence-electron chi connectivity index (χ1n) is 4.62. The average Bonchev–Trinajstić information content (AvgIpc) is 2.30. The lowest BCUT2D eigenvalue weighted by atomic mass is 10.2. The van der Waals surface area contributed by atoms with Crippen molar-refractivity contribution in [1.29, 1.82) is 0 Å². The minimum atomic E-state index is -2.30. The van der Waals surface area contributed by atoms with Gasteiger partial charge in [0.1, 0.15) is 0 Å². The number of hydrogen-bond donors (Lipinski definition) is 0. The summed E-state index contributed by atoms with van der Waals surface area (Å²) in [6.07, 6.45) is 0.119. The average molecular weight is 254 g/mol. The molecule has 2 nitrogen and oxygen atoms in total. The van der Waals surface area contributed by atoms with Crippen molar-refractivity contribution in [3.05, 3.63) is 29.1 Å². The highest BCUT2D eigenvalue weighted by Crippen LogP contribution is 2.29. The van der Waals surface area contributed by atoms with Crippen LogP contribution >= 0.6 is 0 Å². The predicted molar refractivity (Wildman–Crippen MR) is 46.8 cm³/mol. The number of rotatable bonds is 3. The van der Waals surface area contributed by atoms with E-state index in [4.69, 9.17) is 0 Å². The first kappa shape index (κ1) is 13.4. The Morgan fingerprint density at radius 3 is 1.76 bits per heavy atom. The van der Waals surface area contributed by atoms with E-state index in [-0.39, 0.29) is 6.42 Å². The lowest BCUT2D eigenvalue weighted by Crippen LogP contribution is -2.12. The van der Waals surface area contributed by atoms with Crippen molar-refractivity contribution >= 4 is 5.97 Å². The molecule has 0 fully saturated rings. The maximum atomic E-state index is 13.0. The van der Waals surface area contributed by atoms with Gasteiger partial charge in [-0.1, -0.05) is 6.92 Å². The third kappa shape index (κ3) is 2.54. The van der Waals surface area contributed by atoms with E-state index in [2.05, 4.69) is 4.74 Å². The molecule has 0 radical (unpaired) electrons. The third-order valence-electron chi connectivity index (χ3n) is 1.84. The zero-order chi connectivity index (χ0) is 13.2. The van der Waals surface area contributed by atoms with E-state index in [9.17, 15) is 26.7 Å². The summed E-state index contributed by atoms with van der Waals surface area (Å²) in [4.78, 5) is 10.9. The molecule has 0 atom stereocenters. The molecule has 0 heterocycles. The summed E-state index contributed by atoms with van der Waals surface area (Å²) < 4.78 is 68.1. The molecule has 0 amide bonds. The molecule has 1 aromatic rings. The van der Waals surface area contributed by atoms with Crippen molar-refractivity contribution in [3.8, 4) is 5.75 Å². The van der Waals surface area contributed by atoms with Crippen LogP contribution in [0.3, 0.4) is 0 Å². The third-order valence-corrected chi connectivity index (χ3v) is 1.84. The van der Waals surface area contributed by atoms with Gasteiger partial charge in [-0.15, -0.1) is 0 Å². The van der Waals surface area contributed by atoms with Gasteiger partial charge in [0, 0.05) is 6.42 Å². The van der Waals surface area contributed by atoms with Gasteiger partial charge in [0.2, 0.25) is 34.8 Å². The zero-order valence-electron chi connectivity index (χ0n) is 8.62. The second-order valence-electron chi connectivity index (χ2n) is 3.12. The first-order chi connectivity index (χ1) is 7.90. The highest BCUT2D eigenvalue weighted by molar-refractivity contribution is 5.72. The summed E-state index contributed by atoms with van der Waals surface area (Å²) in [7, 11) is 0. The Morgan fingerprint density at radius 1 is 0.941 bits per heavy atom. The largest absolute Gasteiger partial charge is 0.420 e. The van der Waals surface area contributed by atoms with Crippen LogP contribution in [0, 0.1) is 29.1 Å². The second-order valence-corrected chi connectivity index (χ2v) is 3.12. The fraction of sp³-hybridized carbons (Fsp3) is 0.300. The molecular weight excluding hydrogens is 247 g/mol. The number of carbonyl (C=O) groups is 1. The minimum absolute atomic E-state index is 0.195. The number of benzene rings is 1. The van der Waals surface area contributed by atoms with Crippen molar-refractivity contribution in [1.82, 2.24) is 0 Å². The molecule has 1 aromatic carbocycles. The van der Waals surface area contributed by atoms with Crippen LogP contribution in [0.15, 0.2) is 0 Å². The van der Waals surface area contributed by atoms with E-state index >= 15 is 0 Å². The van der Waals surface area contributed by atoms with E-state index in [0.29, 0.717) is 6.42 Å². The zero-order valence-corrected chi connectivity index (χ0v) is 8.62. The van der Waals surface area contributed by atoms with Gasteiger partial charge in [0.25, 0.3) is 0 Å². The van der Waals surface area contributed by atoms with Gasteiger partial charge in [-0.3, -0.25) is 4.79 Å². The van der Waals surface area contributed by atoms with E-state index in [1.807, 2.05) is 0 Å². The van der Waals surface area contributed by atoms with Crippen LogP contribution in [0.4, 0.5) is 22.0 Å². The van der Waals surface area contributed by atoms with Gasteiger partial charge in [-0.25, -0.2) is 13.2 Å². The van der Waals surface area contributed by atoms with Crippen LogP contribution < -0.4 is 4.74 Å². The quantitative estimate of drug-likeness (QED) is 0.272. The molecule has 1 rings (SSSR count). The topological polar surface area (TPSA) is 26.3 Å². The molecule has 0 bridgehead atoms. The smallest absolute Gasteiger partial charge is 0.311 e. The van der Waals surface area contributed by atoms with Crippen LogP contribution in [-0.2, 0) is 4.79 Å². The summed E-state index contributed by atoms with van der Waals surface area (Å²) in [6.45, 7) is 1.58. The fourth-order valence-electron chi connectivity index (χ4n) is 1.04. The lowest BCUT2D eigenvalue weighted by Gasteiger charge is -2.08. The van der Waals surface area contributed by atoms with Gasteiger partial charge < -0.3 is 4.74 Å². The maximum Gasteiger partial charge on any atom is 0.311 e. The fourth-order valence-corrected chi connectivity index (χ4v) is 1.04. The molecule has 0 aliphatic heterocycles. The molecule has 0 aliphatic rings. The van der Waals surface area contributed by atoms with Crippen molar-refractivity contribution in [2.24, 2.45) is 0 Å². The molecule has 0 aliphatic carbocycles. The SMILES string of the molecule is CCCC(=O)Oc1c(F)c(F)c(F)c(F)c1F. The van der Waals surface area contributed by atoms with Gasteiger partial charge >= 0.3 is 5.97 Å². The lowest BCUT2D eigenvalue weighted by molar-refractivity contribution is -0.134. The summed E-state index contributed by atoms with van der Waals surface area (Å²) in [6, 6.07) is 0. The predicted octanol–water partition coefficient (Wildman–Crippen LogP) is 3.09. The Hall–Kier alpha value is -1.66. The monoisotopic (exact) mass is 254 g/mol. The Balaban J connectivity index is 3.20. The van der Waals surface area contributed by atoms with Crippen LogP contribution in [0.2, 0.25) is 0 Å². The van der Waals surface area contributed by atoms with Gasteiger partial charge in [-0.05, 0) is 6.42 Å². The normalized spacial score (nSPS) is 10.5. The Morgan fingerprint density at radius 2 is 1.35 bits per heavy atom. The number of hydrogen-bond acceptors (Lipinski definition) is 2. The van der Waals surface area contributed by atoms with Crippen molar-refractivity contribution in [3.63, 3.8) is 0 Å². The molecule has 0 N–H and O–H groups in total. The Bertz CT molecular complexity index is 429. The van der Waals surface area contributed by atoms with Crippen molar-refractivity contribution in [2.45, 2.75) is 19.8 Å². The van der Waals surface area contributed by atoms with Gasteiger partial charge in [-0.2, -0.15) is 8.78 Å². The number of esters is 1. The minimum Gasteiger partial charge on any atom is -0.420 e. The van der Waals surface area contributed by atoms with E-state index < -0.39 is 40.8 Å². The number of carbonyl (C=O) groups excluding carboxylic acids is 1. The standard InChI is InChI=1S/C10H7F5O2/c1-2-3-4(16)17-10-8(14)6(12)5(11)7(13)9(10)15/h2-3H2,1H3. The van der Waals surface area contributed by atoms with E-state index in [1.165, 1.54) is 0 Å². The highest BCUT2D eigenvalue weighted by Gasteiger charge is 2.28. The molecule has 0 saturated carbocycles. The summed E-state index contributed by atoms with van der Waals surface area (Å²) in [5.41, 5.74) is 0. The van der Waals surface area contributed by atoms with Gasteiger partial charge in [0.15, 0.2) is 0 Å². The first-order valence-corrected chi connectivity index (χ1v) is 4.62. The Labute approximate surface area is 93.0 Å². The number of ether oxygens (including phenoxy) is 1. The van der Waals surface area contributed by atoms with Crippen LogP contribution in [0.1, 0.15) is 19.8 Å². The van der Waals surface area contributed by atoms with Crippen LogP contribution in [0.25, 0.3) is 0 Å². The molecule has 7 heteroatoms. The Kier molecular flexibility index (Phi) is 4.03. The number of halogens is 5. The molecular formula is C10H7F5O2. The van der Waals surface area contributed by atoms with Gasteiger partial charge in [0.05, 0.1) is 0 Å². The molecule has 0 unspecified atom stereocenters. The summed E-state index contributed by atoms with van der Waals surface area (Å²) in [5.74, 6) is -13.6. The molecule has 0 saturated heterocycles. The molecule has 0 aromatic heterocycles. The van der Waals surface area contributed by atoms with Crippen molar-refractivity contribution in [2.75, 3.05) is 0 Å².